The maximum Gasteiger partial charge on any atom is 0.325 e. The van der Waals surface area contributed by atoms with Gasteiger partial charge in [0.1, 0.15) is 0 Å². The molecule has 0 aromatic rings. The summed E-state index contributed by atoms with van der Waals surface area (Å²) in [4.78, 5) is 29.5. The van der Waals surface area contributed by atoms with E-state index in [0.717, 1.165) is 32.1 Å². The van der Waals surface area contributed by atoms with Crippen LogP contribution in [0.2, 0.25) is 0 Å². The summed E-state index contributed by atoms with van der Waals surface area (Å²) in [5, 5.41) is 4.61. The quantitative estimate of drug-likeness (QED) is 0.0686. The number of nitrogens with zero attached hydrogens (tertiary/aromatic N) is 1. The van der Waals surface area contributed by atoms with E-state index in [1.807, 2.05) is 0 Å². The minimum atomic E-state index is -0.138. The van der Waals surface area contributed by atoms with Crippen LogP contribution in [0, 0.1) is 0 Å². The van der Waals surface area contributed by atoms with Crippen LogP contribution in [-0.2, 0) is 14.4 Å². The van der Waals surface area contributed by atoms with Gasteiger partial charge in [-0.3, -0.25) is 9.59 Å². The van der Waals surface area contributed by atoms with Crippen molar-refractivity contribution in [3.8, 4) is 0 Å². The van der Waals surface area contributed by atoms with Gasteiger partial charge in [-0.15, -0.1) is 5.06 Å². The van der Waals surface area contributed by atoms with Crippen molar-refractivity contribution in [1.82, 2.24) is 10.4 Å². The van der Waals surface area contributed by atoms with E-state index < -0.39 is 0 Å². The summed E-state index contributed by atoms with van der Waals surface area (Å²) in [7, 11) is 1.80. The average molecular weight is 553 g/mol. The molecule has 0 saturated heterocycles. The van der Waals surface area contributed by atoms with Crippen molar-refractivity contribution >= 4 is 11.9 Å². The van der Waals surface area contributed by atoms with E-state index in [0.29, 0.717) is 25.9 Å². The Morgan fingerprint density at radius 1 is 0.513 bits per heavy atom. The monoisotopic (exact) mass is 553 g/mol. The lowest BCUT2D eigenvalue weighted by molar-refractivity contribution is -0.184. The molecule has 5 nitrogen and oxygen atoms in total. The highest BCUT2D eigenvalue weighted by Gasteiger charge is 2.08. The molecule has 0 radical (unpaired) electrons. The molecule has 0 aromatic heterocycles. The molecule has 0 unspecified atom stereocenters. The topological polar surface area (TPSA) is 58.6 Å². The Labute approximate surface area is 243 Å². The number of carbonyl (C=O) groups is 2. The van der Waals surface area contributed by atoms with Crippen molar-refractivity contribution < 1.29 is 14.4 Å². The van der Waals surface area contributed by atoms with Crippen LogP contribution < -0.4 is 5.32 Å². The predicted octanol–water partition coefficient (Wildman–Crippen LogP) is 10.1. The van der Waals surface area contributed by atoms with E-state index in [9.17, 15) is 9.59 Å². The first kappa shape index (κ1) is 37.9. The third-order valence-corrected chi connectivity index (χ3v) is 7.72. The van der Waals surface area contributed by atoms with Crippen molar-refractivity contribution in [2.24, 2.45) is 0 Å². The molecule has 0 aliphatic carbocycles. The molecule has 0 rings (SSSR count). The Morgan fingerprint density at radius 2 is 0.872 bits per heavy atom. The molecule has 39 heavy (non-hydrogen) atoms. The van der Waals surface area contributed by atoms with E-state index in [1.54, 1.807) is 12.1 Å². The number of unbranched alkanes of at least 4 members (excludes halogenated alkanes) is 22. The third kappa shape index (κ3) is 31.3. The standard InChI is InChI=1S/C34H68N2O3/c1-4-6-8-10-12-14-16-17-19-21-23-25-27-30-34(38)39-36(3)32-28-31-35-33(37)29-26-24-22-20-18-15-13-11-9-7-5-2/h4-32H2,1-3H3,(H,35,37). The van der Waals surface area contributed by atoms with E-state index in [-0.39, 0.29) is 11.9 Å². The van der Waals surface area contributed by atoms with Crippen molar-refractivity contribution in [1.29, 1.82) is 0 Å². The normalized spacial score (nSPS) is 11.3. The number of hydrogen-bond donors (Lipinski definition) is 1. The van der Waals surface area contributed by atoms with Gasteiger partial charge in [-0.05, 0) is 19.3 Å². The molecule has 0 bridgehead atoms. The zero-order chi connectivity index (χ0) is 28.7. The summed E-state index contributed by atoms with van der Waals surface area (Å²) in [6, 6.07) is 0. The van der Waals surface area contributed by atoms with Gasteiger partial charge in [-0.25, -0.2) is 0 Å². The average Bonchev–Trinajstić information content (AvgIpc) is 2.92. The zero-order valence-electron chi connectivity index (χ0n) is 26.7. The molecule has 0 fully saturated rings. The van der Waals surface area contributed by atoms with Crippen LogP contribution in [0.25, 0.3) is 0 Å². The molecule has 0 aromatic carbocycles. The molecule has 0 atom stereocenters. The summed E-state index contributed by atoms with van der Waals surface area (Å²) in [6.45, 7) is 5.81. The predicted molar refractivity (Wildman–Crippen MR) is 168 cm³/mol. The third-order valence-electron chi connectivity index (χ3n) is 7.72. The van der Waals surface area contributed by atoms with E-state index >= 15 is 0 Å². The second-order valence-corrected chi connectivity index (χ2v) is 11.8. The number of nitrogens with one attached hydrogen (secondary N) is 1. The molecule has 0 spiro atoms. The second-order valence-electron chi connectivity index (χ2n) is 11.8. The van der Waals surface area contributed by atoms with Crippen molar-refractivity contribution in [2.45, 2.75) is 187 Å². The molecule has 0 saturated carbocycles. The highest BCUT2D eigenvalue weighted by Crippen LogP contribution is 2.14. The number of hydroxylamine groups is 2. The first-order valence-electron chi connectivity index (χ1n) is 17.3. The molecular formula is C34H68N2O3. The summed E-state index contributed by atoms with van der Waals surface area (Å²) < 4.78 is 0. The Kier molecular flexibility index (Phi) is 30.5. The fourth-order valence-electron chi connectivity index (χ4n) is 5.12. The molecule has 0 heterocycles. The fraction of sp³-hybridized carbons (Fsp3) is 0.941. The Morgan fingerprint density at radius 3 is 1.28 bits per heavy atom. The van der Waals surface area contributed by atoms with Gasteiger partial charge in [0, 0.05) is 33.0 Å². The fourth-order valence-corrected chi connectivity index (χ4v) is 5.12. The van der Waals surface area contributed by atoms with Gasteiger partial charge < -0.3 is 10.2 Å². The van der Waals surface area contributed by atoms with Crippen LogP contribution >= 0.6 is 0 Å². The molecular weight excluding hydrogens is 484 g/mol. The van der Waals surface area contributed by atoms with E-state index in [2.05, 4.69) is 19.2 Å². The molecule has 5 heteroatoms. The lowest BCUT2D eigenvalue weighted by Gasteiger charge is -2.16. The van der Waals surface area contributed by atoms with Crippen molar-refractivity contribution in [3.63, 3.8) is 0 Å². The smallest absolute Gasteiger partial charge is 0.325 e. The van der Waals surface area contributed by atoms with Gasteiger partial charge in [-0.1, -0.05) is 155 Å². The minimum absolute atomic E-state index is 0.138. The highest BCUT2D eigenvalue weighted by atomic mass is 16.7. The largest absolute Gasteiger partial charge is 0.368 e. The first-order valence-corrected chi connectivity index (χ1v) is 17.3. The van der Waals surface area contributed by atoms with Crippen LogP contribution in [0.4, 0.5) is 0 Å². The van der Waals surface area contributed by atoms with Gasteiger partial charge in [0.25, 0.3) is 0 Å². The lowest BCUT2D eigenvalue weighted by Crippen LogP contribution is -2.29. The molecule has 1 N–H and O–H groups in total. The number of hydrogen-bond acceptors (Lipinski definition) is 4. The summed E-state index contributed by atoms with van der Waals surface area (Å²) >= 11 is 0. The maximum absolute atomic E-state index is 12.0. The summed E-state index contributed by atoms with van der Waals surface area (Å²) in [6.07, 6.45) is 33.1. The van der Waals surface area contributed by atoms with Crippen LogP contribution in [-0.4, -0.2) is 37.1 Å². The number of carbonyl (C=O) groups excluding carboxylic acids is 2. The first-order chi connectivity index (χ1) is 19.1. The van der Waals surface area contributed by atoms with Crippen LogP contribution in [0.5, 0.6) is 0 Å². The number of amides is 1. The minimum Gasteiger partial charge on any atom is -0.368 e. The SMILES string of the molecule is CCCCCCCCCCCCCCCC(=O)ON(C)CCCNC(=O)CCCCCCCCCCCCC. The molecule has 0 aliphatic heterocycles. The van der Waals surface area contributed by atoms with Gasteiger partial charge in [0.05, 0.1) is 0 Å². The Hall–Kier alpha value is -1.10. The van der Waals surface area contributed by atoms with Gasteiger partial charge >= 0.3 is 5.97 Å². The van der Waals surface area contributed by atoms with Crippen LogP contribution in [0.15, 0.2) is 0 Å². The zero-order valence-corrected chi connectivity index (χ0v) is 26.7. The summed E-state index contributed by atoms with van der Waals surface area (Å²) in [5.74, 6) is 0.00841. The Bertz CT molecular complexity index is 527. The van der Waals surface area contributed by atoms with Gasteiger partial charge in [-0.2, -0.15) is 0 Å². The van der Waals surface area contributed by atoms with E-state index in [4.69, 9.17) is 4.84 Å². The lowest BCUT2D eigenvalue weighted by atomic mass is 10.0. The van der Waals surface area contributed by atoms with Gasteiger partial charge in [0.15, 0.2) is 0 Å². The van der Waals surface area contributed by atoms with E-state index in [1.165, 1.54) is 128 Å². The second kappa shape index (κ2) is 31.4. The van der Waals surface area contributed by atoms with Crippen molar-refractivity contribution in [2.75, 3.05) is 20.1 Å². The molecule has 232 valence electrons. The molecule has 0 aliphatic rings. The van der Waals surface area contributed by atoms with Gasteiger partial charge in [0.2, 0.25) is 5.91 Å². The highest BCUT2D eigenvalue weighted by molar-refractivity contribution is 5.75. The summed E-state index contributed by atoms with van der Waals surface area (Å²) in [5.41, 5.74) is 0. The Balaban J connectivity index is 3.39. The van der Waals surface area contributed by atoms with Crippen molar-refractivity contribution in [3.05, 3.63) is 0 Å². The molecule has 1 amide bonds. The number of rotatable bonds is 31. The maximum atomic E-state index is 12.0. The van der Waals surface area contributed by atoms with Crippen LogP contribution in [0.3, 0.4) is 0 Å². The van der Waals surface area contributed by atoms with Crippen LogP contribution in [0.1, 0.15) is 187 Å².